The highest BCUT2D eigenvalue weighted by Crippen LogP contribution is 2.36. The SMILES string of the molecule is O=C(NC(CO)c1nc(-c2ccccc2C(F)(F)F)no1)c1ccc(F)cc1. The number of hydrogen-bond donors (Lipinski definition) is 2. The maximum absolute atomic E-state index is 13.1. The number of aliphatic hydroxyl groups excluding tert-OH is 1. The van der Waals surface area contributed by atoms with Crippen LogP contribution in [0, 0.1) is 5.82 Å². The number of hydrogen-bond acceptors (Lipinski definition) is 5. The maximum atomic E-state index is 13.1. The van der Waals surface area contributed by atoms with Gasteiger partial charge in [-0.1, -0.05) is 23.4 Å². The van der Waals surface area contributed by atoms with Gasteiger partial charge >= 0.3 is 6.18 Å². The largest absolute Gasteiger partial charge is 0.417 e. The molecule has 2 N–H and O–H groups in total. The molecule has 0 aliphatic rings. The highest BCUT2D eigenvalue weighted by atomic mass is 19.4. The van der Waals surface area contributed by atoms with Crippen LogP contribution in [-0.4, -0.2) is 27.8 Å². The molecule has 28 heavy (non-hydrogen) atoms. The summed E-state index contributed by atoms with van der Waals surface area (Å²) in [4.78, 5) is 16.1. The van der Waals surface area contributed by atoms with E-state index in [1.54, 1.807) is 0 Å². The van der Waals surface area contributed by atoms with E-state index in [1.807, 2.05) is 0 Å². The van der Waals surface area contributed by atoms with Gasteiger partial charge in [0.2, 0.25) is 5.82 Å². The average molecular weight is 395 g/mol. The number of benzene rings is 2. The number of carbonyl (C=O) groups is 1. The molecule has 3 rings (SSSR count). The highest BCUT2D eigenvalue weighted by molar-refractivity contribution is 5.94. The number of rotatable bonds is 5. The Balaban J connectivity index is 1.84. The molecule has 0 spiro atoms. The van der Waals surface area contributed by atoms with Crippen molar-refractivity contribution in [1.29, 1.82) is 0 Å². The number of nitrogens with zero attached hydrogens (tertiary/aromatic N) is 2. The average Bonchev–Trinajstić information content (AvgIpc) is 3.15. The summed E-state index contributed by atoms with van der Waals surface area (Å²) in [5.41, 5.74) is -1.13. The zero-order valence-corrected chi connectivity index (χ0v) is 14.1. The van der Waals surface area contributed by atoms with Gasteiger partial charge in [0.15, 0.2) is 0 Å². The van der Waals surface area contributed by atoms with E-state index in [9.17, 15) is 27.5 Å². The molecule has 146 valence electrons. The van der Waals surface area contributed by atoms with E-state index in [0.717, 1.165) is 18.2 Å². The second kappa shape index (κ2) is 7.77. The topological polar surface area (TPSA) is 88.2 Å². The van der Waals surface area contributed by atoms with Gasteiger partial charge in [0, 0.05) is 11.1 Å². The Kier molecular flexibility index (Phi) is 5.41. The van der Waals surface area contributed by atoms with E-state index in [4.69, 9.17) is 4.52 Å². The van der Waals surface area contributed by atoms with Gasteiger partial charge in [-0.2, -0.15) is 18.2 Å². The fourth-order valence-corrected chi connectivity index (χ4v) is 2.44. The summed E-state index contributed by atoms with van der Waals surface area (Å²) in [5.74, 6) is -1.79. The Morgan fingerprint density at radius 3 is 2.46 bits per heavy atom. The van der Waals surface area contributed by atoms with Crippen molar-refractivity contribution in [2.24, 2.45) is 0 Å². The monoisotopic (exact) mass is 395 g/mol. The number of aliphatic hydroxyl groups is 1. The van der Waals surface area contributed by atoms with E-state index in [2.05, 4.69) is 15.5 Å². The summed E-state index contributed by atoms with van der Waals surface area (Å²) in [7, 11) is 0. The molecule has 1 amide bonds. The quantitative estimate of drug-likeness (QED) is 0.647. The lowest BCUT2D eigenvalue weighted by Gasteiger charge is -2.12. The van der Waals surface area contributed by atoms with Crippen molar-refractivity contribution in [3.8, 4) is 11.4 Å². The molecule has 3 aromatic rings. The first kappa shape index (κ1) is 19.5. The lowest BCUT2D eigenvalue weighted by atomic mass is 10.1. The van der Waals surface area contributed by atoms with Gasteiger partial charge in [-0.3, -0.25) is 4.79 Å². The van der Waals surface area contributed by atoms with E-state index in [0.29, 0.717) is 0 Å². The van der Waals surface area contributed by atoms with Crippen LogP contribution in [0.15, 0.2) is 53.1 Å². The Labute approximate surface area is 155 Å². The Hall–Kier alpha value is -3.27. The molecule has 1 heterocycles. The third-order valence-corrected chi connectivity index (χ3v) is 3.81. The molecule has 10 heteroatoms. The minimum atomic E-state index is -4.62. The molecular formula is C18H13F4N3O3. The number of halogens is 4. The van der Waals surface area contributed by atoms with E-state index in [1.165, 1.54) is 30.3 Å². The van der Waals surface area contributed by atoms with Crippen molar-refractivity contribution in [3.63, 3.8) is 0 Å². The van der Waals surface area contributed by atoms with Gasteiger partial charge in [0.05, 0.1) is 12.2 Å². The summed E-state index contributed by atoms with van der Waals surface area (Å²) in [6, 6.07) is 8.16. The summed E-state index contributed by atoms with van der Waals surface area (Å²) in [6.07, 6.45) is -4.62. The smallest absolute Gasteiger partial charge is 0.394 e. The number of aromatic nitrogens is 2. The molecule has 1 atom stereocenters. The van der Waals surface area contributed by atoms with Crippen LogP contribution >= 0.6 is 0 Å². The third kappa shape index (κ3) is 4.17. The Morgan fingerprint density at radius 1 is 1.14 bits per heavy atom. The second-order valence-electron chi connectivity index (χ2n) is 5.72. The fourth-order valence-electron chi connectivity index (χ4n) is 2.44. The molecule has 1 aromatic heterocycles. The lowest BCUT2D eigenvalue weighted by molar-refractivity contribution is -0.137. The van der Waals surface area contributed by atoms with E-state index in [-0.39, 0.29) is 22.8 Å². The first-order chi connectivity index (χ1) is 13.3. The normalized spacial score (nSPS) is 12.6. The molecule has 0 saturated carbocycles. The van der Waals surface area contributed by atoms with Crippen molar-refractivity contribution < 1.29 is 32.0 Å². The van der Waals surface area contributed by atoms with Gasteiger partial charge in [-0.05, 0) is 30.3 Å². The lowest BCUT2D eigenvalue weighted by Crippen LogP contribution is -2.31. The van der Waals surface area contributed by atoms with Crippen LogP contribution in [0.5, 0.6) is 0 Å². The zero-order valence-electron chi connectivity index (χ0n) is 14.1. The second-order valence-corrected chi connectivity index (χ2v) is 5.72. The number of amides is 1. The number of alkyl halides is 3. The predicted molar refractivity (Wildman–Crippen MR) is 88.4 cm³/mol. The highest BCUT2D eigenvalue weighted by Gasteiger charge is 2.35. The zero-order chi connectivity index (χ0) is 20.3. The summed E-state index contributed by atoms with van der Waals surface area (Å²) >= 11 is 0. The van der Waals surface area contributed by atoms with Gasteiger partial charge in [-0.25, -0.2) is 4.39 Å². The molecule has 0 aliphatic heterocycles. The van der Waals surface area contributed by atoms with Crippen molar-refractivity contribution in [2.75, 3.05) is 6.61 Å². The number of carbonyl (C=O) groups excluding carboxylic acids is 1. The first-order valence-corrected chi connectivity index (χ1v) is 7.97. The third-order valence-electron chi connectivity index (χ3n) is 3.81. The Morgan fingerprint density at radius 2 is 1.82 bits per heavy atom. The van der Waals surface area contributed by atoms with Gasteiger partial charge < -0.3 is 14.9 Å². The van der Waals surface area contributed by atoms with Crippen LogP contribution in [0.4, 0.5) is 17.6 Å². The minimum Gasteiger partial charge on any atom is -0.394 e. The van der Waals surface area contributed by atoms with Gasteiger partial charge in [-0.15, -0.1) is 0 Å². The Bertz CT molecular complexity index is 971. The molecular weight excluding hydrogens is 382 g/mol. The summed E-state index contributed by atoms with van der Waals surface area (Å²) in [5, 5.41) is 15.4. The summed E-state index contributed by atoms with van der Waals surface area (Å²) in [6.45, 7) is -0.643. The molecule has 2 aromatic carbocycles. The predicted octanol–water partition coefficient (Wildman–Crippen LogP) is 3.36. The molecule has 0 fully saturated rings. The van der Waals surface area contributed by atoms with Crippen LogP contribution in [0.2, 0.25) is 0 Å². The molecule has 1 unspecified atom stereocenters. The van der Waals surface area contributed by atoms with Crippen molar-refractivity contribution >= 4 is 5.91 Å². The molecule has 0 saturated heterocycles. The standard InChI is InChI=1S/C18H13F4N3O3/c19-11-7-5-10(6-8-11)16(27)23-14(9-26)17-24-15(25-28-17)12-3-1-2-4-13(12)18(20,21)22/h1-8,14,26H,9H2,(H,23,27). The van der Waals surface area contributed by atoms with Crippen LogP contribution in [0.1, 0.15) is 27.9 Å². The van der Waals surface area contributed by atoms with Crippen LogP contribution in [-0.2, 0) is 6.18 Å². The van der Waals surface area contributed by atoms with Crippen LogP contribution in [0.25, 0.3) is 11.4 Å². The van der Waals surface area contributed by atoms with E-state index >= 15 is 0 Å². The molecule has 0 aliphatic carbocycles. The minimum absolute atomic E-state index is 0.113. The van der Waals surface area contributed by atoms with Crippen LogP contribution < -0.4 is 5.32 Å². The molecule has 6 nitrogen and oxygen atoms in total. The summed E-state index contributed by atoms with van der Waals surface area (Å²) < 4.78 is 57.3. The number of nitrogens with one attached hydrogen (secondary N) is 1. The first-order valence-electron chi connectivity index (χ1n) is 7.97. The van der Waals surface area contributed by atoms with Crippen molar-refractivity contribution in [1.82, 2.24) is 15.5 Å². The van der Waals surface area contributed by atoms with Gasteiger partial charge in [0.25, 0.3) is 11.8 Å². The fraction of sp³-hybridized carbons (Fsp3) is 0.167. The van der Waals surface area contributed by atoms with Crippen molar-refractivity contribution in [3.05, 3.63) is 71.4 Å². The molecule has 0 radical (unpaired) electrons. The van der Waals surface area contributed by atoms with Crippen molar-refractivity contribution in [2.45, 2.75) is 12.2 Å². The van der Waals surface area contributed by atoms with Crippen LogP contribution in [0.3, 0.4) is 0 Å². The van der Waals surface area contributed by atoms with E-state index < -0.39 is 36.1 Å². The molecule has 0 bridgehead atoms. The maximum Gasteiger partial charge on any atom is 0.417 e. The van der Waals surface area contributed by atoms with Gasteiger partial charge in [0.1, 0.15) is 11.9 Å².